The lowest BCUT2D eigenvalue weighted by Gasteiger charge is -2.13. The standard InChI is InChI=1S/C15H16N2O2/c1-9-6-7-10(2)13(8-9)19-12-5-3-4-11(14(12)16)15(17)18/h3-8H,16H2,1-2H3,(H2,17,18). The highest BCUT2D eigenvalue weighted by Crippen LogP contribution is 2.31. The van der Waals surface area contributed by atoms with Gasteiger partial charge in [-0.25, -0.2) is 0 Å². The van der Waals surface area contributed by atoms with E-state index in [0.717, 1.165) is 11.1 Å². The maximum absolute atomic E-state index is 11.2. The van der Waals surface area contributed by atoms with Gasteiger partial charge in [0.05, 0.1) is 11.3 Å². The van der Waals surface area contributed by atoms with E-state index in [1.54, 1.807) is 18.2 Å². The molecule has 0 saturated carbocycles. The van der Waals surface area contributed by atoms with Crippen LogP contribution in [0.5, 0.6) is 11.5 Å². The molecule has 98 valence electrons. The number of benzene rings is 2. The van der Waals surface area contributed by atoms with Crippen molar-refractivity contribution in [2.24, 2.45) is 5.73 Å². The normalized spacial score (nSPS) is 10.2. The van der Waals surface area contributed by atoms with Crippen LogP contribution >= 0.6 is 0 Å². The van der Waals surface area contributed by atoms with Crippen molar-refractivity contribution in [3.8, 4) is 11.5 Å². The van der Waals surface area contributed by atoms with Crippen molar-refractivity contribution in [2.45, 2.75) is 13.8 Å². The van der Waals surface area contributed by atoms with Gasteiger partial charge < -0.3 is 16.2 Å². The molecule has 4 nitrogen and oxygen atoms in total. The first-order valence-corrected chi connectivity index (χ1v) is 5.92. The van der Waals surface area contributed by atoms with Crippen molar-refractivity contribution in [2.75, 3.05) is 5.73 Å². The van der Waals surface area contributed by atoms with Gasteiger partial charge in [0.2, 0.25) is 0 Å². The van der Waals surface area contributed by atoms with Crippen LogP contribution in [-0.2, 0) is 0 Å². The number of nitrogen functional groups attached to an aromatic ring is 1. The van der Waals surface area contributed by atoms with Crippen molar-refractivity contribution in [3.05, 3.63) is 53.1 Å². The Hall–Kier alpha value is -2.49. The van der Waals surface area contributed by atoms with E-state index in [2.05, 4.69) is 0 Å². The van der Waals surface area contributed by atoms with E-state index in [-0.39, 0.29) is 11.3 Å². The molecule has 4 N–H and O–H groups in total. The van der Waals surface area contributed by atoms with E-state index >= 15 is 0 Å². The Bertz CT molecular complexity index is 636. The van der Waals surface area contributed by atoms with Crippen molar-refractivity contribution in [1.82, 2.24) is 0 Å². The number of amides is 1. The smallest absolute Gasteiger partial charge is 0.250 e. The lowest BCUT2D eigenvalue weighted by Crippen LogP contribution is -2.13. The number of primary amides is 1. The van der Waals surface area contributed by atoms with Crippen LogP contribution in [0.4, 0.5) is 5.69 Å². The average Bonchev–Trinajstić information content (AvgIpc) is 2.36. The van der Waals surface area contributed by atoms with Gasteiger partial charge in [0.25, 0.3) is 5.91 Å². The molecule has 0 bridgehead atoms. The highest BCUT2D eigenvalue weighted by Gasteiger charge is 2.11. The molecule has 1 amide bonds. The number of carbonyl (C=O) groups excluding carboxylic acids is 1. The Morgan fingerprint density at radius 2 is 1.84 bits per heavy atom. The summed E-state index contributed by atoms with van der Waals surface area (Å²) in [5, 5.41) is 0. The zero-order valence-corrected chi connectivity index (χ0v) is 10.9. The zero-order valence-electron chi connectivity index (χ0n) is 10.9. The highest BCUT2D eigenvalue weighted by molar-refractivity contribution is 5.99. The van der Waals surface area contributed by atoms with Crippen LogP contribution < -0.4 is 16.2 Å². The molecule has 2 aromatic carbocycles. The molecule has 0 atom stereocenters. The second kappa shape index (κ2) is 5.02. The number of rotatable bonds is 3. The molecule has 2 rings (SSSR count). The van der Waals surface area contributed by atoms with Crippen LogP contribution in [0, 0.1) is 13.8 Å². The van der Waals surface area contributed by atoms with Crippen LogP contribution in [0.3, 0.4) is 0 Å². The predicted molar refractivity (Wildman–Crippen MR) is 75.4 cm³/mol. The number of carbonyl (C=O) groups is 1. The van der Waals surface area contributed by atoms with Crippen molar-refractivity contribution in [1.29, 1.82) is 0 Å². The maximum Gasteiger partial charge on any atom is 0.250 e. The monoisotopic (exact) mass is 256 g/mol. The third-order valence-corrected chi connectivity index (χ3v) is 2.90. The van der Waals surface area contributed by atoms with Crippen molar-refractivity contribution < 1.29 is 9.53 Å². The topological polar surface area (TPSA) is 78.3 Å². The molecule has 19 heavy (non-hydrogen) atoms. The van der Waals surface area contributed by atoms with Crippen molar-refractivity contribution in [3.63, 3.8) is 0 Å². The van der Waals surface area contributed by atoms with Gasteiger partial charge in [0, 0.05) is 0 Å². The molecule has 0 aliphatic rings. The molecular weight excluding hydrogens is 240 g/mol. The molecular formula is C15H16N2O2. The van der Waals surface area contributed by atoms with Crippen molar-refractivity contribution >= 4 is 11.6 Å². The second-order valence-electron chi connectivity index (χ2n) is 4.45. The molecule has 0 fully saturated rings. The number of hydrogen-bond acceptors (Lipinski definition) is 3. The molecule has 0 aliphatic carbocycles. The number of para-hydroxylation sites is 1. The van der Waals surface area contributed by atoms with Gasteiger partial charge in [-0.2, -0.15) is 0 Å². The Morgan fingerprint density at radius 1 is 1.11 bits per heavy atom. The zero-order chi connectivity index (χ0) is 14.0. The molecule has 2 aromatic rings. The molecule has 0 aromatic heterocycles. The van der Waals surface area contributed by atoms with E-state index in [0.29, 0.717) is 11.5 Å². The molecule has 0 heterocycles. The van der Waals surface area contributed by atoms with E-state index in [1.807, 2.05) is 32.0 Å². The number of aryl methyl sites for hydroxylation is 2. The largest absolute Gasteiger partial charge is 0.455 e. The Kier molecular flexibility index (Phi) is 3.42. The minimum atomic E-state index is -0.566. The Morgan fingerprint density at radius 3 is 2.53 bits per heavy atom. The van der Waals surface area contributed by atoms with Crippen LogP contribution in [0.25, 0.3) is 0 Å². The average molecular weight is 256 g/mol. The number of nitrogens with two attached hydrogens (primary N) is 2. The maximum atomic E-state index is 11.2. The highest BCUT2D eigenvalue weighted by atomic mass is 16.5. The summed E-state index contributed by atoms with van der Waals surface area (Å²) in [6, 6.07) is 10.9. The molecule has 0 saturated heterocycles. The summed E-state index contributed by atoms with van der Waals surface area (Å²) in [5.74, 6) is 0.585. The number of anilines is 1. The van der Waals surface area contributed by atoms with Gasteiger partial charge in [-0.15, -0.1) is 0 Å². The van der Waals surface area contributed by atoms with E-state index in [4.69, 9.17) is 16.2 Å². The Balaban J connectivity index is 2.41. The minimum absolute atomic E-state index is 0.260. The summed E-state index contributed by atoms with van der Waals surface area (Å²) < 4.78 is 5.78. The minimum Gasteiger partial charge on any atom is -0.455 e. The lowest BCUT2D eigenvalue weighted by atomic mass is 10.1. The first-order chi connectivity index (χ1) is 8.99. The molecule has 0 spiro atoms. The first-order valence-electron chi connectivity index (χ1n) is 5.92. The summed E-state index contributed by atoms with van der Waals surface area (Å²) in [6.07, 6.45) is 0. The van der Waals surface area contributed by atoms with Gasteiger partial charge in [0.15, 0.2) is 5.75 Å². The fourth-order valence-corrected chi connectivity index (χ4v) is 1.78. The van der Waals surface area contributed by atoms with E-state index in [1.165, 1.54) is 0 Å². The van der Waals surface area contributed by atoms with Gasteiger partial charge in [-0.3, -0.25) is 4.79 Å². The fourth-order valence-electron chi connectivity index (χ4n) is 1.78. The first kappa shape index (κ1) is 13.0. The summed E-state index contributed by atoms with van der Waals surface area (Å²) in [7, 11) is 0. The predicted octanol–water partition coefficient (Wildman–Crippen LogP) is 2.78. The third kappa shape index (κ3) is 2.68. The van der Waals surface area contributed by atoms with Crippen LogP contribution in [-0.4, -0.2) is 5.91 Å². The lowest BCUT2D eigenvalue weighted by molar-refractivity contribution is 0.100. The summed E-state index contributed by atoms with van der Waals surface area (Å²) in [5.41, 5.74) is 13.8. The third-order valence-electron chi connectivity index (χ3n) is 2.90. The van der Waals surface area contributed by atoms with Crippen LogP contribution in [0.2, 0.25) is 0 Å². The number of hydrogen-bond donors (Lipinski definition) is 2. The molecule has 0 radical (unpaired) electrons. The SMILES string of the molecule is Cc1ccc(C)c(Oc2cccc(C(N)=O)c2N)c1. The summed E-state index contributed by atoms with van der Waals surface area (Å²) >= 11 is 0. The van der Waals surface area contributed by atoms with Gasteiger partial charge in [-0.1, -0.05) is 18.2 Å². The van der Waals surface area contributed by atoms with E-state index < -0.39 is 5.91 Å². The number of ether oxygens (including phenoxy) is 1. The van der Waals surface area contributed by atoms with Gasteiger partial charge in [0.1, 0.15) is 5.75 Å². The van der Waals surface area contributed by atoms with Gasteiger partial charge >= 0.3 is 0 Å². The van der Waals surface area contributed by atoms with Crippen LogP contribution in [0.1, 0.15) is 21.5 Å². The summed E-state index contributed by atoms with van der Waals surface area (Å²) in [6.45, 7) is 3.93. The second-order valence-corrected chi connectivity index (χ2v) is 4.45. The summed E-state index contributed by atoms with van der Waals surface area (Å²) in [4.78, 5) is 11.2. The van der Waals surface area contributed by atoms with E-state index in [9.17, 15) is 4.79 Å². The quantitative estimate of drug-likeness (QED) is 0.829. The van der Waals surface area contributed by atoms with Gasteiger partial charge in [-0.05, 0) is 43.2 Å². The van der Waals surface area contributed by atoms with Crippen LogP contribution in [0.15, 0.2) is 36.4 Å². The fraction of sp³-hybridized carbons (Fsp3) is 0.133. The molecule has 0 unspecified atom stereocenters. The molecule has 4 heteroatoms. The Labute approximate surface area is 112 Å². The molecule has 0 aliphatic heterocycles.